The number of furan rings is 1. The molecule has 0 fully saturated rings. The lowest BCUT2D eigenvalue weighted by molar-refractivity contribution is 0.0553. The molecule has 0 atom stereocenters. The summed E-state index contributed by atoms with van der Waals surface area (Å²) in [6, 6.07) is 8.91. The van der Waals surface area contributed by atoms with Gasteiger partial charge in [0.1, 0.15) is 5.56 Å². The van der Waals surface area contributed by atoms with Gasteiger partial charge in [0.2, 0.25) is 0 Å². The average Bonchev–Trinajstić information content (AvgIpc) is 2.94. The van der Waals surface area contributed by atoms with Crippen LogP contribution >= 0.6 is 0 Å². The number of carbonyl (C=O) groups is 2. The number of benzene rings is 1. The van der Waals surface area contributed by atoms with Crippen LogP contribution in [0.25, 0.3) is 11.3 Å². The molecule has 0 spiro atoms. The number of rotatable bonds is 5. The van der Waals surface area contributed by atoms with Gasteiger partial charge in [-0.3, -0.25) is 0 Å². The normalized spacial score (nSPS) is 10.1. The van der Waals surface area contributed by atoms with Crippen molar-refractivity contribution in [2.45, 2.75) is 6.92 Å². The van der Waals surface area contributed by atoms with E-state index in [9.17, 15) is 9.59 Å². The second-order valence-electron chi connectivity index (χ2n) is 4.25. The van der Waals surface area contributed by atoms with Crippen LogP contribution in [-0.2, 0) is 9.47 Å². The first-order valence-electron chi connectivity index (χ1n) is 6.65. The monoisotopic (exact) mass is 304 g/mol. The van der Waals surface area contributed by atoms with Crippen molar-refractivity contribution in [3.8, 4) is 17.3 Å². The third-order valence-corrected chi connectivity index (χ3v) is 2.97. The predicted molar refractivity (Wildman–Crippen MR) is 78.0 cm³/mol. The van der Waals surface area contributed by atoms with E-state index in [2.05, 4.69) is 0 Å². The van der Waals surface area contributed by atoms with Gasteiger partial charge in [-0.1, -0.05) is 30.3 Å². The minimum absolute atomic E-state index is 0.0102. The number of ether oxygens (including phenoxy) is 3. The second-order valence-corrected chi connectivity index (χ2v) is 4.25. The topological polar surface area (TPSA) is 75.0 Å². The van der Waals surface area contributed by atoms with Gasteiger partial charge in [-0.15, -0.1) is 0 Å². The molecule has 0 saturated heterocycles. The molecule has 0 amide bonds. The van der Waals surface area contributed by atoms with E-state index in [1.165, 1.54) is 14.2 Å². The van der Waals surface area contributed by atoms with E-state index in [-0.39, 0.29) is 29.4 Å². The SMILES string of the molecule is CCOc1oc(-c2ccccc2)c(C(=O)OC)c1C(=O)OC. The largest absolute Gasteiger partial charge is 0.465 e. The summed E-state index contributed by atoms with van der Waals surface area (Å²) in [5, 5.41) is 0. The molecule has 116 valence electrons. The summed E-state index contributed by atoms with van der Waals surface area (Å²) in [5.74, 6) is -1.28. The third kappa shape index (κ3) is 2.81. The Hall–Kier alpha value is -2.76. The van der Waals surface area contributed by atoms with Gasteiger partial charge in [-0.05, 0) is 6.92 Å². The minimum Gasteiger partial charge on any atom is -0.465 e. The summed E-state index contributed by atoms with van der Waals surface area (Å²) in [6.45, 7) is 2.01. The summed E-state index contributed by atoms with van der Waals surface area (Å²) in [5.41, 5.74) is 0.540. The van der Waals surface area contributed by atoms with Crippen LogP contribution < -0.4 is 4.74 Å². The molecule has 1 aromatic carbocycles. The van der Waals surface area contributed by atoms with Gasteiger partial charge in [0.05, 0.1) is 20.8 Å². The summed E-state index contributed by atoms with van der Waals surface area (Å²) < 4.78 is 20.4. The Morgan fingerprint density at radius 1 is 1.00 bits per heavy atom. The quantitative estimate of drug-likeness (QED) is 0.791. The molecule has 1 aromatic heterocycles. The van der Waals surface area contributed by atoms with Gasteiger partial charge >= 0.3 is 17.9 Å². The van der Waals surface area contributed by atoms with Crippen LogP contribution in [0.5, 0.6) is 5.95 Å². The van der Waals surface area contributed by atoms with Crippen LogP contribution in [-0.4, -0.2) is 32.8 Å². The number of hydrogen-bond donors (Lipinski definition) is 0. The Morgan fingerprint density at radius 3 is 2.14 bits per heavy atom. The standard InChI is InChI=1S/C16H16O6/c1-4-21-16-12(15(18)20-3)11(14(17)19-2)13(22-16)10-8-6-5-7-9-10/h5-9H,4H2,1-3H3. The van der Waals surface area contributed by atoms with Crippen LogP contribution in [0.4, 0.5) is 0 Å². The average molecular weight is 304 g/mol. The molecule has 1 heterocycles. The molecule has 0 radical (unpaired) electrons. The Kier molecular flexibility index (Phi) is 4.83. The Balaban J connectivity index is 2.72. The zero-order valence-corrected chi connectivity index (χ0v) is 12.5. The zero-order chi connectivity index (χ0) is 16.1. The number of carbonyl (C=O) groups excluding carboxylic acids is 2. The predicted octanol–water partition coefficient (Wildman–Crippen LogP) is 2.92. The number of esters is 2. The molecule has 2 aromatic rings. The maximum Gasteiger partial charge on any atom is 0.346 e. The van der Waals surface area contributed by atoms with Crippen LogP contribution in [0.2, 0.25) is 0 Å². The van der Waals surface area contributed by atoms with Crippen molar-refractivity contribution >= 4 is 11.9 Å². The first-order valence-corrected chi connectivity index (χ1v) is 6.65. The first-order chi connectivity index (χ1) is 10.6. The van der Waals surface area contributed by atoms with Crippen molar-refractivity contribution in [1.29, 1.82) is 0 Å². The molecule has 6 heteroatoms. The molecule has 0 N–H and O–H groups in total. The van der Waals surface area contributed by atoms with Crippen LogP contribution in [0.3, 0.4) is 0 Å². The number of methoxy groups -OCH3 is 2. The molecule has 2 rings (SSSR count). The van der Waals surface area contributed by atoms with E-state index in [1.807, 2.05) is 6.07 Å². The summed E-state index contributed by atoms with van der Waals surface area (Å²) in [4.78, 5) is 24.1. The summed E-state index contributed by atoms with van der Waals surface area (Å²) in [7, 11) is 2.44. The van der Waals surface area contributed by atoms with E-state index < -0.39 is 11.9 Å². The van der Waals surface area contributed by atoms with E-state index in [1.54, 1.807) is 31.2 Å². The van der Waals surface area contributed by atoms with Crippen molar-refractivity contribution in [1.82, 2.24) is 0 Å². The maximum absolute atomic E-state index is 12.1. The fraction of sp³-hybridized carbons (Fsp3) is 0.250. The van der Waals surface area contributed by atoms with Crippen LogP contribution in [0.15, 0.2) is 34.7 Å². The fourth-order valence-corrected chi connectivity index (χ4v) is 2.02. The lowest BCUT2D eigenvalue weighted by Gasteiger charge is -2.03. The highest BCUT2D eigenvalue weighted by Crippen LogP contribution is 2.37. The Morgan fingerprint density at radius 2 is 1.59 bits per heavy atom. The third-order valence-electron chi connectivity index (χ3n) is 2.97. The molecule has 0 aliphatic rings. The molecular formula is C16H16O6. The van der Waals surface area contributed by atoms with Gasteiger partial charge in [0, 0.05) is 5.56 Å². The van der Waals surface area contributed by atoms with Crippen molar-refractivity contribution in [2.75, 3.05) is 20.8 Å². The molecule has 0 aliphatic carbocycles. The summed E-state index contributed by atoms with van der Waals surface area (Å²) in [6.07, 6.45) is 0. The lowest BCUT2D eigenvalue weighted by atomic mass is 10.1. The maximum atomic E-state index is 12.1. The highest BCUT2D eigenvalue weighted by molar-refractivity contribution is 6.08. The van der Waals surface area contributed by atoms with Gasteiger partial charge in [-0.2, -0.15) is 0 Å². The molecule has 6 nitrogen and oxygen atoms in total. The Labute approximate surface area is 127 Å². The molecule has 0 aliphatic heterocycles. The Bertz CT molecular complexity index is 671. The van der Waals surface area contributed by atoms with E-state index in [0.717, 1.165) is 0 Å². The molecule has 22 heavy (non-hydrogen) atoms. The molecule has 0 bridgehead atoms. The van der Waals surface area contributed by atoms with Crippen LogP contribution in [0, 0.1) is 0 Å². The highest BCUT2D eigenvalue weighted by atomic mass is 16.6. The van der Waals surface area contributed by atoms with Crippen molar-refractivity contribution in [3.63, 3.8) is 0 Å². The van der Waals surface area contributed by atoms with Gasteiger partial charge in [0.15, 0.2) is 11.3 Å². The number of hydrogen-bond acceptors (Lipinski definition) is 6. The zero-order valence-electron chi connectivity index (χ0n) is 12.5. The minimum atomic E-state index is -0.727. The summed E-state index contributed by atoms with van der Waals surface area (Å²) >= 11 is 0. The fourth-order valence-electron chi connectivity index (χ4n) is 2.02. The van der Waals surface area contributed by atoms with E-state index >= 15 is 0 Å². The van der Waals surface area contributed by atoms with Gasteiger partial charge in [0.25, 0.3) is 0 Å². The molecule has 0 saturated carbocycles. The van der Waals surface area contributed by atoms with Gasteiger partial charge < -0.3 is 18.6 Å². The molecule has 0 unspecified atom stereocenters. The highest BCUT2D eigenvalue weighted by Gasteiger charge is 2.33. The first kappa shape index (κ1) is 15.6. The van der Waals surface area contributed by atoms with Crippen molar-refractivity contribution < 1.29 is 28.2 Å². The van der Waals surface area contributed by atoms with E-state index in [4.69, 9.17) is 18.6 Å². The second kappa shape index (κ2) is 6.80. The smallest absolute Gasteiger partial charge is 0.346 e. The van der Waals surface area contributed by atoms with E-state index in [0.29, 0.717) is 5.56 Å². The van der Waals surface area contributed by atoms with Crippen molar-refractivity contribution in [2.24, 2.45) is 0 Å². The van der Waals surface area contributed by atoms with Crippen molar-refractivity contribution in [3.05, 3.63) is 41.5 Å². The van der Waals surface area contributed by atoms with Crippen LogP contribution in [0.1, 0.15) is 27.6 Å². The molecular weight excluding hydrogens is 288 g/mol. The van der Waals surface area contributed by atoms with Gasteiger partial charge in [-0.25, -0.2) is 9.59 Å². The lowest BCUT2D eigenvalue weighted by Crippen LogP contribution is -2.11.